The number of carbonyl (C=O) groups is 2. The van der Waals surface area contributed by atoms with Gasteiger partial charge in [0.1, 0.15) is 5.78 Å². The fourth-order valence-corrected chi connectivity index (χ4v) is 2.75. The number of nitrogens with one attached hydrogen (secondary N) is 1. The molecule has 0 amide bonds. The molecule has 0 aromatic rings. The number of carbonyl (C=O) groups excluding carboxylic acids is 2. The zero-order chi connectivity index (χ0) is 16.2. The van der Waals surface area contributed by atoms with E-state index in [0.29, 0.717) is 6.42 Å². The van der Waals surface area contributed by atoms with Crippen molar-refractivity contribution in [1.82, 2.24) is 5.32 Å². The first-order valence-electron chi connectivity index (χ1n) is 8.69. The summed E-state index contributed by atoms with van der Waals surface area (Å²) in [6.45, 7) is 5.78. The summed E-state index contributed by atoms with van der Waals surface area (Å²) >= 11 is 0. The van der Waals surface area contributed by atoms with Crippen molar-refractivity contribution in [2.45, 2.75) is 71.1 Å². The van der Waals surface area contributed by atoms with Crippen LogP contribution in [-0.2, 0) is 9.59 Å². The van der Waals surface area contributed by atoms with Crippen LogP contribution in [0.3, 0.4) is 0 Å². The molecule has 0 aromatic carbocycles. The molecule has 0 bridgehead atoms. The molecule has 2 aliphatic heterocycles. The number of Topliss-reactive ketones (excluding diaryl/α,β-unsaturated/α-hetero) is 1. The summed E-state index contributed by atoms with van der Waals surface area (Å²) in [7, 11) is 0. The molecular weight excluding hydrogens is 280 g/mol. The van der Waals surface area contributed by atoms with Crippen LogP contribution in [0, 0.1) is 0 Å². The molecule has 5 nitrogen and oxygen atoms in total. The molecule has 0 saturated carbocycles. The van der Waals surface area contributed by atoms with Crippen LogP contribution in [0.2, 0.25) is 0 Å². The maximum absolute atomic E-state index is 10.8. The Kier molecular flexibility index (Phi) is 9.51. The number of rotatable bonds is 6. The average Bonchev–Trinajstić information content (AvgIpc) is 2.77. The van der Waals surface area contributed by atoms with Gasteiger partial charge in [-0.3, -0.25) is 14.7 Å². The largest absolute Gasteiger partial charge is 0.550 e. The molecule has 126 valence electrons. The van der Waals surface area contributed by atoms with Crippen molar-refractivity contribution in [2.75, 3.05) is 19.6 Å². The van der Waals surface area contributed by atoms with Crippen LogP contribution in [0.25, 0.3) is 0 Å². The molecule has 2 aliphatic rings. The van der Waals surface area contributed by atoms with E-state index in [1.807, 2.05) is 6.92 Å². The van der Waals surface area contributed by atoms with Gasteiger partial charge in [-0.1, -0.05) is 13.3 Å². The summed E-state index contributed by atoms with van der Waals surface area (Å²) in [6.07, 6.45) is 9.13. The van der Waals surface area contributed by atoms with Crippen LogP contribution in [0.15, 0.2) is 0 Å². The fraction of sp³-hybridized carbons (Fsp3) is 0.824. The Morgan fingerprint density at radius 3 is 2.59 bits per heavy atom. The lowest BCUT2D eigenvalue weighted by Gasteiger charge is -2.14. The Labute approximate surface area is 133 Å². The standard InChI is InChI=1S/C9H16N2.C8H14O3/c1-2-5-9-10-6-4-8-11(9)7-3-1;1-2-3-4-7(9)5-6-8(10)11/h1-8H2;2-6H2,1H3,(H,10,11). The molecule has 0 saturated heterocycles. The van der Waals surface area contributed by atoms with E-state index in [-0.39, 0.29) is 18.6 Å². The van der Waals surface area contributed by atoms with Crippen molar-refractivity contribution in [1.29, 1.82) is 0 Å². The van der Waals surface area contributed by atoms with E-state index < -0.39 is 5.97 Å². The maximum Gasteiger partial charge on any atom is 0.244 e. The molecule has 0 fully saturated rings. The second kappa shape index (κ2) is 11.2. The van der Waals surface area contributed by atoms with Gasteiger partial charge < -0.3 is 9.90 Å². The molecule has 2 heterocycles. The van der Waals surface area contributed by atoms with E-state index in [1.54, 1.807) is 0 Å². The average molecular weight is 310 g/mol. The first kappa shape index (κ1) is 18.7. The molecular formula is C17H30N2O3. The minimum Gasteiger partial charge on any atom is -0.550 e. The van der Waals surface area contributed by atoms with Gasteiger partial charge in [0.25, 0.3) is 0 Å². The van der Waals surface area contributed by atoms with Crippen LogP contribution in [0.4, 0.5) is 0 Å². The molecule has 2 rings (SSSR count). The van der Waals surface area contributed by atoms with Gasteiger partial charge in [-0.25, -0.2) is 0 Å². The van der Waals surface area contributed by atoms with Crippen LogP contribution >= 0.6 is 0 Å². The molecule has 0 atom stereocenters. The highest BCUT2D eigenvalue weighted by Crippen LogP contribution is 2.08. The molecule has 0 radical (unpaired) electrons. The van der Waals surface area contributed by atoms with Gasteiger partial charge in [-0.2, -0.15) is 0 Å². The zero-order valence-corrected chi connectivity index (χ0v) is 13.9. The van der Waals surface area contributed by atoms with Crippen molar-refractivity contribution in [3.8, 4) is 0 Å². The predicted octanol–water partition coefficient (Wildman–Crippen LogP) is 1.24. The predicted molar refractivity (Wildman–Crippen MR) is 84.9 cm³/mol. The van der Waals surface area contributed by atoms with E-state index in [9.17, 15) is 14.7 Å². The van der Waals surface area contributed by atoms with Gasteiger partial charge in [0.15, 0.2) is 0 Å². The van der Waals surface area contributed by atoms with Crippen molar-refractivity contribution >= 4 is 17.6 Å². The smallest absolute Gasteiger partial charge is 0.244 e. The SMILES string of the molecule is C1CCC2=[N+](CC1)CCCN2.CCCCC(=O)CCC(=O)[O-]. The molecule has 5 heteroatoms. The van der Waals surface area contributed by atoms with Crippen molar-refractivity contribution < 1.29 is 19.3 Å². The lowest BCUT2D eigenvalue weighted by atomic mass is 10.1. The van der Waals surface area contributed by atoms with Crippen molar-refractivity contribution in [3.05, 3.63) is 0 Å². The Morgan fingerprint density at radius 2 is 1.86 bits per heavy atom. The monoisotopic (exact) mass is 310 g/mol. The molecule has 0 spiro atoms. The number of nitrogens with zero attached hydrogens (tertiary/aromatic N) is 1. The van der Waals surface area contributed by atoms with E-state index >= 15 is 0 Å². The summed E-state index contributed by atoms with van der Waals surface area (Å²) in [4.78, 5) is 20.7. The third-order valence-corrected chi connectivity index (χ3v) is 4.07. The van der Waals surface area contributed by atoms with E-state index in [1.165, 1.54) is 57.6 Å². The summed E-state index contributed by atoms with van der Waals surface area (Å²) in [6, 6.07) is 0. The third kappa shape index (κ3) is 8.15. The van der Waals surface area contributed by atoms with Gasteiger partial charge in [-0.15, -0.1) is 0 Å². The third-order valence-electron chi connectivity index (χ3n) is 4.07. The number of hydrogen-bond acceptors (Lipinski definition) is 4. The van der Waals surface area contributed by atoms with Gasteiger partial charge >= 0.3 is 0 Å². The van der Waals surface area contributed by atoms with Crippen LogP contribution in [-0.4, -0.2) is 41.8 Å². The first-order chi connectivity index (χ1) is 10.6. The number of unbranched alkanes of at least 4 members (excludes halogenated alkanes) is 1. The van der Waals surface area contributed by atoms with E-state index in [0.717, 1.165) is 12.8 Å². The molecule has 0 aliphatic carbocycles. The highest BCUT2D eigenvalue weighted by atomic mass is 16.4. The highest BCUT2D eigenvalue weighted by Gasteiger charge is 2.19. The molecule has 1 N–H and O–H groups in total. The van der Waals surface area contributed by atoms with Gasteiger partial charge in [-0.05, 0) is 32.1 Å². The van der Waals surface area contributed by atoms with E-state index in [2.05, 4.69) is 9.89 Å². The van der Waals surface area contributed by atoms with Gasteiger partial charge in [0, 0.05) is 31.7 Å². The Balaban J connectivity index is 0.000000220. The minimum atomic E-state index is -1.14. The molecule has 0 aromatic heterocycles. The zero-order valence-electron chi connectivity index (χ0n) is 13.9. The number of amidine groups is 1. The van der Waals surface area contributed by atoms with E-state index in [4.69, 9.17) is 0 Å². The first-order valence-corrected chi connectivity index (χ1v) is 8.69. The normalized spacial score (nSPS) is 17.5. The van der Waals surface area contributed by atoms with Crippen molar-refractivity contribution in [3.63, 3.8) is 0 Å². The number of ketones is 1. The Hall–Kier alpha value is -1.39. The Morgan fingerprint density at radius 1 is 1.09 bits per heavy atom. The molecule has 0 unspecified atom stereocenters. The number of aliphatic carboxylic acids is 1. The maximum atomic E-state index is 10.8. The summed E-state index contributed by atoms with van der Waals surface area (Å²) in [5.74, 6) is 0.402. The lowest BCUT2D eigenvalue weighted by molar-refractivity contribution is -0.534. The van der Waals surface area contributed by atoms with Gasteiger partial charge in [0.05, 0.1) is 19.6 Å². The fourth-order valence-electron chi connectivity index (χ4n) is 2.75. The molecule has 22 heavy (non-hydrogen) atoms. The number of carboxylic acid groups (broad SMARTS) is 1. The second-order valence-electron chi connectivity index (χ2n) is 6.04. The minimum absolute atomic E-state index is 0.0241. The van der Waals surface area contributed by atoms with Crippen LogP contribution in [0.5, 0.6) is 0 Å². The Bertz CT molecular complexity index is 373. The summed E-state index contributed by atoms with van der Waals surface area (Å²) < 4.78 is 2.54. The number of hydrogen-bond donors (Lipinski definition) is 1. The van der Waals surface area contributed by atoms with Gasteiger partial charge in [0.2, 0.25) is 5.84 Å². The number of carboxylic acids is 1. The summed E-state index contributed by atoms with van der Waals surface area (Å²) in [5.41, 5.74) is 0. The lowest BCUT2D eigenvalue weighted by Crippen LogP contribution is -2.40. The van der Waals surface area contributed by atoms with Crippen molar-refractivity contribution in [2.24, 2.45) is 0 Å². The topological polar surface area (TPSA) is 72.2 Å². The quantitative estimate of drug-likeness (QED) is 0.749. The summed E-state index contributed by atoms with van der Waals surface area (Å²) in [5, 5.41) is 13.4. The van der Waals surface area contributed by atoms with Crippen LogP contribution in [0.1, 0.15) is 71.1 Å². The second-order valence-corrected chi connectivity index (χ2v) is 6.04. The van der Waals surface area contributed by atoms with Crippen LogP contribution < -0.4 is 10.4 Å². The highest BCUT2D eigenvalue weighted by molar-refractivity contribution is 5.81.